The average molecular weight is 374 g/mol. The highest BCUT2D eigenvalue weighted by atomic mass is 16.1. The van der Waals surface area contributed by atoms with Crippen LogP contribution in [0.1, 0.15) is 42.2 Å². The third-order valence-electron chi connectivity index (χ3n) is 5.50. The van der Waals surface area contributed by atoms with E-state index in [-0.39, 0.29) is 5.91 Å². The molecule has 1 amide bonds. The number of aromatic nitrogens is 2. The van der Waals surface area contributed by atoms with Gasteiger partial charge in [-0.1, -0.05) is 54.6 Å². The second kappa shape index (κ2) is 8.38. The van der Waals surface area contributed by atoms with Crippen molar-refractivity contribution >= 4 is 22.5 Å². The second-order valence-electron chi connectivity index (χ2n) is 7.45. The Bertz CT molecular complexity index is 957. The number of amides is 1. The molecule has 0 bridgehead atoms. The standard InChI is InChI=1S/C23H26N4O/c1-17-9-7-8-16-27(17)22-20-13-6-5-12-19(20)21(25-26-22)23(28)24-15-14-18-10-3-2-4-11-18/h2-6,10-13,17H,7-9,14-16H2,1H3,(H,24,28). The lowest BCUT2D eigenvalue weighted by Gasteiger charge is -2.34. The lowest BCUT2D eigenvalue weighted by molar-refractivity contribution is 0.0950. The van der Waals surface area contributed by atoms with Crippen LogP contribution in [0.3, 0.4) is 0 Å². The van der Waals surface area contributed by atoms with Gasteiger partial charge in [0, 0.05) is 29.9 Å². The van der Waals surface area contributed by atoms with Crippen molar-refractivity contribution < 1.29 is 4.79 Å². The van der Waals surface area contributed by atoms with Gasteiger partial charge in [-0.2, -0.15) is 0 Å². The Hall–Kier alpha value is -2.95. The number of fused-ring (bicyclic) bond motifs is 1. The van der Waals surface area contributed by atoms with Crippen molar-refractivity contribution in [1.82, 2.24) is 15.5 Å². The van der Waals surface area contributed by atoms with Gasteiger partial charge in [0.05, 0.1) is 0 Å². The predicted molar refractivity (Wildman–Crippen MR) is 113 cm³/mol. The van der Waals surface area contributed by atoms with Crippen LogP contribution in [0.5, 0.6) is 0 Å². The zero-order valence-electron chi connectivity index (χ0n) is 16.3. The van der Waals surface area contributed by atoms with Crippen LogP contribution in [0, 0.1) is 0 Å². The number of anilines is 1. The van der Waals surface area contributed by atoms with Crippen molar-refractivity contribution in [1.29, 1.82) is 0 Å². The Balaban J connectivity index is 1.56. The molecule has 28 heavy (non-hydrogen) atoms. The third kappa shape index (κ3) is 3.84. The normalized spacial score (nSPS) is 16.9. The lowest BCUT2D eigenvalue weighted by atomic mass is 10.0. The largest absolute Gasteiger partial charge is 0.352 e. The van der Waals surface area contributed by atoms with E-state index in [0.29, 0.717) is 18.3 Å². The summed E-state index contributed by atoms with van der Waals surface area (Å²) >= 11 is 0. The molecule has 3 aromatic rings. The quantitative estimate of drug-likeness (QED) is 0.734. The van der Waals surface area contributed by atoms with Crippen molar-refractivity contribution in [2.45, 2.75) is 38.6 Å². The van der Waals surface area contributed by atoms with Gasteiger partial charge in [-0.25, -0.2) is 0 Å². The topological polar surface area (TPSA) is 58.1 Å². The van der Waals surface area contributed by atoms with E-state index < -0.39 is 0 Å². The van der Waals surface area contributed by atoms with Crippen LogP contribution in [0.25, 0.3) is 10.8 Å². The monoisotopic (exact) mass is 374 g/mol. The highest BCUT2D eigenvalue weighted by Gasteiger charge is 2.24. The molecule has 5 heteroatoms. The summed E-state index contributed by atoms with van der Waals surface area (Å²) in [5.41, 5.74) is 1.60. The lowest BCUT2D eigenvalue weighted by Crippen LogP contribution is -2.38. The fourth-order valence-corrected chi connectivity index (χ4v) is 3.93. The molecule has 1 N–H and O–H groups in total. The first-order valence-corrected chi connectivity index (χ1v) is 10.1. The number of nitrogens with one attached hydrogen (secondary N) is 1. The molecule has 1 aliphatic rings. The molecule has 1 saturated heterocycles. The van der Waals surface area contributed by atoms with Gasteiger partial charge in [-0.3, -0.25) is 4.79 Å². The van der Waals surface area contributed by atoms with Gasteiger partial charge in [-0.15, -0.1) is 10.2 Å². The van der Waals surface area contributed by atoms with Crippen LogP contribution in [-0.2, 0) is 6.42 Å². The Morgan fingerprint density at radius 3 is 2.57 bits per heavy atom. The van der Waals surface area contributed by atoms with E-state index in [1.807, 2.05) is 42.5 Å². The number of carbonyl (C=O) groups is 1. The maximum absolute atomic E-state index is 12.8. The van der Waals surface area contributed by atoms with Gasteiger partial charge in [0.2, 0.25) is 0 Å². The number of hydrogen-bond donors (Lipinski definition) is 1. The summed E-state index contributed by atoms with van der Waals surface area (Å²) in [6, 6.07) is 18.5. The van der Waals surface area contributed by atoms with Crippen molar-refractivity contribution in [3.63, 3.8) is 0 Å². The number of hydrogen-bond acceptors (Lipinski definition) is 4. The van der Waals surface area contributed by atoms with Gasteiger partial charge >= 0.3 is 0 Å². The molecule has 1 aliphatic heterocycles. The summed E-state index contributed by atoms with van der Waals surface area (Å²) in [6.45, 7) is 3.80. The molecule has 1 unspecified atom stereocenters. The van der Waals surface area contributed by atoms with Crippen molar-refractivity contribution in [3.05, 3.63) is 65.9 Å². The smallest absolute Gasteiger partial charge is 0.272 e. The average Bonchev–Trinajstić information content (AvgIpc) is 2.74. The third-order valence-corrected chi connectivity index (χ3v) is 5.50. The second-order valence-corrected chi connectivity index (χ2v) is 7.45. The number of nitrogens with zero attached hydrogens (tertiary/aromatic N) is 3. The maximum Gasteiger partial charge on any atom is 0.272 e. The highest BCUT2D eigenvalue weighted by molar-refractivity contribution is 6.07. The van der Waals surface area contributed by atoms with Crippen LogP contribution in [-0.4, -0.2) is 35.2 Å². The van der Waals surface area contributed by atoms with Gasteiger partial charge in [-0.05, 0) is 38.2 Å². The van der Waals surface area contributed by atoms with E-state index in [1.54, 1.807) is 0 Å². The van der Waals surface area contributed by atoms with Gasteiger partial charge in [0.15, 0.2) is 11.5 Å². The highest BCUT2D eigenvalue weighted by Crippen LogP contribution is 2.30. The molecule has 1 atom stereocenters. The van der Waals surface area contributed by atoms with E-state index in [2.05, 4.69) is 39.5 Å². The zero-order valence-corrected chi connectivity index (χ0v) is 16.3. The molecule has 1 aromatic heterocycles. The van der Waals surface area contributed by atoms with Crippen LogP contribution in [0.2, 0.25) is 0 Å². The van der Waals surface area contributed by atoms with E-state index in [4.69, 9.17) is 0 Å². The fourth-order valence-electron chi connectivity index (χ4n) is 3.93. The minimum atomic E-state index is -0.169. The summed E-state index contributed by atoms with van der Waals surface area (Å²) in [7, 11) is 0. The molecule has 1 fully saturated rings. The Kier molecular flexibility index (Phi) is 5.51. The van der Waals surface area contributed by atoms with Gasteiger partial charge in [0.25, 0.3) is 5.91 Å². The maximum atomic E-state index is 12.8. The van der Waals surface area contributed by atoms with E-state index in [1.165, 1.54) is 18.4 Å². The summed E-state index contributed by atoms with van der Waals surface area (Å²) in [5.74, 6) is 0.724. The van der Waals surface area contributed by atoms with Gasteiger partial charge in [0.1, 0.15) is 0 Å². The molecule has 144 valence electrons. The van der Waals surface area contributed by atoms with Crippen molar-refractivity contribution in [2.75, 3.05) is 18.0 Å². The molecule has 0 aliphatic carbocycles. The number of benzene rings is 2. The number of piperidine rings is 1. The zero-order chi connectivity index (χ0) is 19.3. The Morgan fingerprint density at radius 2 is 1.79 bits per heavy atom. The Morgan fingerprint density at radius 1 is 1.04 bits per heavy atom. The molecule has 4 rings (SSSR count). The van der Waals surface area contributed by atoms with E-state index in [9.17, 15) is 4.79 Å². The van der Waals surface area contributed by atoms with Crippen LogP contribution in [0.15, 0.2) is 54.6 Å². The van der Waals surface area contributed by atoms with Crippen LogP contribution >= 0.6 is 0 Å². The molecule has 0 radical (unpaired) electrons. The summed E-state index contributed by atoms with van der Waals surface area (Å²) in [6.07, 6.45) is 4.38. The number of rotatable bonds is 5. The molecule has 2 aromatic carbocycles. The molecular formula is C23H26N4O. The molecule has 0 saturated carbocycles. The summed E-state index contributed by atoms with van der Waals surface area (Å²) in [5, 5.41) is 13.7. The molecule has 0 spiro atoms. The first kappa shape index (κ1) is 18.4. The van der Waals surface area contributed by atoms with E-state index in [0.717, 1.165) is 36.0 Å². The minimum absolute atomic E-state index is 0.169. The number of carbonyl (C=O) groups excluding carboxylic acids is 1. The first-order chi connectivity index (χ1) is 13.7. The summed E-state index contributed by atoms with van der Waals surface area (Å²) < 4.78 is 0. The minimum Gasteiger partial charge on any atom is -0.352 e. The molecule has 5 nitrogen and oxygen atoms in total. The molecular weight excluding hydrogens is 348 g/mol. The van der Waals surface area contributed by atoms with E-state index >= 15 is 0 Å². The fraction of sp³-hybridized carbons (Fsp3) is 0.348. The predicted octanol–water partition coefficient (Wildman–Crippen LogP) is 3.98. The SMILES string of the molecule is CC1CCCCN1c1nnc(C(=O)NCCc2ccccc2)c2ccccc12. The Labute approximate surface area is 165 Å². The molecule has 2 heterocycles. The van der Waals surface area contributed by atoms with Crippen molar-refractivity contribution in [2.24, 2.45) is 0 Å². The van der Waals surface area contributed by atoms with Crippen molar-refractivity contribution in [3.8, 4) is 0 Å². The summed E-state index contributed by atoms with van der Waals surface area (Å²) in [4.78, 5) is 15.1. The van der Waals surface area contributed by atoms with Crippen LogP contribution < -0.4 is 10.2 Å². The van der Waals surface area contributed by atoms with Gasteiger partial charge < -0.3 is 10.2 Å². The van der Waals surface area contributed by atoms with Crippen LogP contribution in [0.4, 0.5) is 5.82 Å². The first-order valence-electron chi connectivity index (χ1n) is 10.1.